The van der Waals surface area contributed by atoms with Gasteiger partial charge < -0.3 is 25.3 Å². The van der Waals surface area contributed by atoms with Gasteiger partial charge in [-0.3, -0.25) is 4.90 Å². The molecule has 1 unspecified atom stereocenters. The number of hydrogen-bond donors (Lipinski definition) is 4. The van der Waals surface area contributed by atoms with Gasteiger partial charge in [-0.1, -0.05) is 13.8 Å². The second kappa shape index (κ2) is 10.2. The zero-order valence-corrected chi connectivity index (χ0v) is 23.7. The molecular formula is C31H47N3O5. The van der Waals surface area contributed by atoms with E-state index >= 15 is 0 Å². The van der Waals surface area contributed by atoms with Crippen LogP contribution in [-0.4, -0.2) is 65.1 Å². The van der Waals surface area contributed by atoms with Crippen molar-refractivity contribution in [2.45, 2.75) is 102 Å². The van der Waals surface area contributed by atoms with Gasteiger partial charge in [0.2, 0.25) is 0 Å². The molecule has 4 saturated carbocycles. The maximum atomic E-state index is 12.6. The van der Waals surface area contributed by atoms with Crippen molar-refractivity contribution < 1.29 is 19.4 Å². The highest BCUT2D eigenvalue weighted by molar-refractivity contribution is 5.74. The van der Waals surface area contributed by atoms with Crippen LogP contribution in [0.4, 0.5) is 4.79 Å². The minimum Gasteiger partial charge on any atom is -0.431 e. The Morgan fingerprint density at radius 2 is 1.92 bits per heavy atom. The van der Waals surface area contributed by atoms with Crippen LogP contribution < -0.4 is 16.3 Å². The molecular weight excluding hydrogens is 494 g/mol. The van der Waals surface area contributed by atoms with Crippen molar-refractivity contribution in [3.63, 3.8) is 0 Å². The first-order valence-corrected chi connectivity index (χ1v) is 15.4. The average Bonchev–Trinajstić information content (AvgIpc) is 3.44. The van der Waals surface area contributed by atoms with Crippen LogP contribution in [0, 0.1) is 28.6 Å². The van der Waals surface area contributed by atoms with Crippen molar-refractivity contribution in [3.05, 3.63) is 34.4 Å². The number of hydrogen-bond acceptors (Lipinski definition) is 6. The Bertz CT molecular complexity index is 1110. The number of fused-ring (bicyclic) bond motifs is 5. The molecule has 9 atom stereocenters. The molecule has 6 rings (SSSR count). The molecule has 0 bridgehead atoms. The fraction of sp³-hybridized carbons (Fsp3) is 0.806. The van der Waals surface area contributed by atoms with Gasteiger partial charge in [-0.2, -0.15) is 0 Å². The van der Waals surface area contributed by atoms with E-state index < -0.39 is 5.60 Å². The van der Waals surface area contributed by atoms with E-state index in [2.05, 4.69) is 29.4 Å². The highest BCUT2D eigenvalue weighted by Gasteiger charge is 2.67. The first kappa shape index (κ1) is 27.3. The Hall–Kier alpha value is -1.90. The summed E-state index contributed by atoms with van der Waals surface area (Å²) in [6, 6.07) is 3.54. The summed E-state index contributed by atoms with van der Waals surface area (Å²) in [4.78, 5) is 26.4. The summed E-state index contributed by atoms with van der Waals surface area (Å²) in [6.45, 7) is 7.73. The standard InChI is InChI=1S/C31H47N3O5/c1-29-11-7-22(33-28(37)32-14-16-34-15-10-23(35)18-34)17-21(29)4-5-26-25(29)8-12-30(2)24(9-13-31(26,30)38)20-3-6-27(36)39-19-20/h3,6,19,21-26,35,38H,4-5,7-18H2,1-2H3,(H2,32,33,37)/t21-,22+,23?,24-,25+,26-,29+,30-,31+/m1/s1. The highest BCUT2D eigenvalue weighted by Crippen LogP contribution is 2.70. The summed E-state index contributed by atoms with van der Waals surface area (Å²) in [5, 5.41) is 28.4. The summed E-state index contributed by atoms with van der Waals surface area (Å²) in [5.41, 5.74) is 0.0293. The zero-order valence-electron chi connectivity index (χ0n) is 23.7. The SMILES string of the molecule is C[C@]12CC[C@H](NC(=O)NCCN3CCC(O)C3)C[C@H]1CC[C@@H]1[C@@H]2CC[C@]2(C)[C@@H](c3ccc(=O)oc3)CC[C@]12O. The molecule has 0 spiro atoms. The summed E-state index contributed by atoms with van der Waals surface area (Å²) in [7, 11) is 0. The first-order valence-electron chi connectivity index (χ1n) is 15.4. The van der Waals surface area contributed by atoms with Gasteiger partial charge in [0.1, 0.15) is 0 Å². The smallest absolute Gasteiger partial charge is 0.335 e. The van der Waals surface area contributed by atoms with Crippen LogP contribution in [0.3, 0.4) is 0 Å². The number of urea groups is 1. The summed E-state index contributed by atoms with van der Waals surface area (Å²) < 4.78 is 5.22. The molecule has 4 N–H and O–H groups in total. The van der Waals surface area contributed by atoms with Crippen molar-refractivity contribution in [3.8, 4) is 0 Å². The van der Waals surface area contributed by atoms with Gasteiger partial charge in [-0.25, -0.2) is 9.59 Å². The van der Waals surface area contributed by atoms with Crippen molar-refractivity contribution >= 4 is 6.03 Å². The van der Waals surface area contributed by atoms with Crippen molar-refractivity contribution in [2.24, 2.45) is 28.6 Å². The molecule has 5 fully saturated rings. The van der Waals surface area contributed by atoms with E-state index in [9.17, 15) is 19.8 Å². The topological polar surface area (TPSA) is 115 Å². The predicted octanol–water partition coefficient (Wildman–Crippen LogP) is 3.62. The largest absolute Gasteiger partial charge is 0.431 e. The van der Waals surface area contributed by atoms with Crippen LogP contribution in [0.5, 0.6) is 0 Å². The van der Waals surface area contributed by atoms with Gasteiger partial charge >= 0.3 is 11.7 Å². The normalized spacial score (nSPS) is 43.8. The van der Waals surface area contributed by atoms with Gasteiger partial charge in [0.05, 0.1) is 18.0 Å². The highest BCUT2D eigenvalue weighted by atomic mass is 16.4. The second-order valence-electron chi connectivity index (χ2n) is 14.0. The third-order valence-corrected chi connectivity index (χ3v) is 12.3. The number of aliphatic hydroxyl groups excluding tert-OH is 1. The second-order valence-corrected chi connectivity index (χ2v) is 14.0. The van der Waals surface area contributed by atoms with Crippen molar-refractivity contribution in [1.29, 1.82) is 0 Å². The minimum atomic E-state index is -0.689. The lowest BCUT2D eigenvalue weighted by Gasteiger charge is -2.63. The number of carbonyl (C=O) groups is 1. The number of nitrogens with zero attached hydrogens (tertiary/aromatic N) is 1. The number of carbonyl (C=O) groups excluding carboxylic acids is 1. The zero-order chi connectivity index (χ0) is 27.4. The Labute approximate surface area is 231 Å². The van der Waals surface area contributed by atoms with Gasteiger partial charge in [0.15, 0.2) is 0 Å². The first-order chi connectivity index (χ1) is 18.6. The molecule has 8 nitrogen and oxygen atoms in total. The Morgan fingerprint density at radius 3 is 2.67 bits per heavy atom. The number of rotatable bonds is 5. The lowest BCUT2D eigenvalue weighted by molar-refractivity contribution is -0.201. The molecule has 2 amide bonds. The van der Waals surface area contributed by atoms with E-state index in [1.54, 1.807) is 6.26 Å². The number of aliphatic hydroxyl groups is 2. The van der Waals surface area contributed by atoms with E-state index in [0.29, 0.717) is 30.8 Å². The van der Waals surface area contributed by atoms with Crippen LogP contribution >= 0.6 is 0 Å². The van der Waals surface area contributed by atoms with Gasteiger partial charge in [0.25, 0.3) is 0 Å². The Balaban J connectivity index is 1.07. The van der Waals surface area contributed by atoms with Crippen LogP contribution in [0.2, 0.25) is 0 Å². The molecule has 39 heavy (non-hydrogen) atoms. The molecule has 216 valence electrons. The summed E-state index contributed by atoms with van der Waals surface area (Å²) in [5.74, 6) is 1.59. The van der Waals surface area contributed by atoms with Crippen molar-refractivity contribution in [2.75, 3.05) is 26.2 Å². The molecule has 0 aromatic carbocycles. The van der Waals surface area contributed by atoms with Gasteiger partial charge in [-0.05, 0) is 105 Å². The maximum absolute atomic E-state index is 12.6. The molecule has 0 radical (unpaired) electrons. The number of amides is 2. The quantitative estimate of drug-likeness (QED) is 0.453. The Kier molecular flexibility index (Phi) is 7.12. The summed E-state index contributed by atoms with van der Waals surface area (Å²) in [6.07, 6.45) is 11.3. The predicted molar refractivity (Wildman–Crippen MR) is 148 cm³/mol. The third kappa shape index (κ3) is 4.64. The molecule has 5 aliphatic rings. The number of nitrogens with one attached hydrogen (secondary N) is 2. The van der Waals surface area contributed by atoms with E-state index in [1.165, 1.54) is 6.07 Å². The Morgan fingerprint density at radius 1 is 1.08 bits per heavy atom. The van der Waals surface area contributed by atoms with E-state index in [4.69, 9.17) is 4.42 Å². The van der Waals surface area contributed by atoms with Crippen LogP contribution in [0.25, 0.3) is 0 Å². The summed E-state index contributed by atoms with van der Waals surface area (Å²) >= 11 is 0. The molecule has 1 aliphatic heterocycles. The number of β-amino-alcohol motifs (C(OH)–C–C–N with tert-alkyl or cyclic N) is 1. The monoisotopic (exact) mass is 541 g/mol. The molecule has 8 heteroatoms. The lowest BCUT2D eigenvalue weighted by atomic mass is 9.43. The van der Waals surface area contributed by atoms with Crippen molar-refractivity contribution in [1.82, 2.24) is 15.5 Å². The molecule has 4 aliphatic carbocycles. The van der Waals surface area contributed by atoms with Gasteiger partial charge in [0, 0.05) is 43.7 Å². The molecule has 1 aromatic heterocycles. The van der Waals surface area contributed by atoms with Crippen LogP contribution in [0.1, 0.15) is 89.5 Å². The maximum Gasteiger partial charge on any atom is 0.335 e. The number of likely N-dealkylation sites (tertiary alicyclic amines) is 1. The fourth-order valence-corrected chi connectivity index (χ4v) is 10.0. The molecule has 1 aromatic rings. The van der Waals surface area contributed by atoms with Crippen LogP contribution in [0.15, 0.2) is 27.6 Å². The van der Waals surface area contributed by atoms with E-state index in [0.717, 1.165) is 82.9 Å². The third-order valence-electron chi connectivity index (χ3n) is 12.3. The molecule has 1 saturated heterocycles. The lowest BCUT2D eigenvalue weighted by Crippen LogP contribution is -2.62. The van der Waals surface area contributed by atoms with Gasteiger partial charge in [-0.15, -0.1) is 0 Å². The molecule has 2 heterocycles. The fourth-order valence-electron chi connectivity index (χ4n) is 10.0. The van der Waals surface area contributed by atoms with E-state index in [-0.39, 0.29) is 40.6 Å². The van der Waals surface area contributed by atoms with E-state index in [1.807, 2.05) is 6.07 Å². The van der Waals surface area contributed by atoms with Crippen LogP contribution in [-0.2, 0) is 0 Å². The average molecular weight is 542 g/mol. The minimum absolute atomic E-state index is 0.0754.